The van der Waals surface area contributed by atoms with Crippen LogP contribution in [-0.2, 0) is 39.2 Å². The van der Waals surface area contributed by atoms with Crippen molar-refractivity contribution in [1.29, 1.82) is 0 Å². The molecule has 0 aliphatic heterocycles. The second-order valence-electron chi connectivity index (χ2n) is 8.91. The summed E-state index contributed by atoms with van der Waals surface area (Å²) >= 11 is 6.01. The number of ether oxygens (including phenoxy) is 1. The Morgan fingerprint density at radius 2 is 1.47 bits per heavy atom. The maximum absolute atomic E-state index is 13.6. The van der Waals surface area contributed by atoms with Crippen LogP contribution in [0.25, 0.3) is 0 Å². The molecule has 0 aliphatic rings. The van der Waals surface area contributed by atoms with Gasteiger partial charge in [0.25, 0.3) is 0 Å². The van der Waals surface area contributed by atoms with E-state index in [9.17, 15) is 18.0 Å². The van der Waals surface area contributed by atoms with Crippen LogP contribution in [0.3, 0.4) is 0 Å². The molecule has 0 unspecified atom stereocenters. The van der Waals surface area contributed by atoms with Crippen LogP contribution >= 0.6 is 11.6 Å². The minimum atomic E-state index is -3.71. The quantitative estimate of drug-likeness (QED) is 0.365. The predicted octanol–water partition coefficient (Wildman–Crippen LogP) is 3.84. The molecule has 10 heteroatoms. The Balaban J connectivity index is 1.79. The van der Waals surface area contributed by atoms with Crippen molar-refractivity contribution < 1.29 is 22.7 Å². The van der Waals surface area contributed by atoms with Gasteiger partial charge in [-0.25, -0.2) is 8.42 Å². The molecule has 0 aromatic heterocycles. The molecule has 3 aromatic carbocycles. The van der Waals surface area contributed by atoms with Gasteiger partial charge in [-0.3, -0.25) is 9.59 Å². The number of carbonyl (C=O) groups is 2. The van der Waals surface area contributed by atoms with Crippen molar-refractivity contribution in [3.05, 3.63) is 101 Å². The van der Waals surface area contributed by atoms with E-state index in [1.54, 1.807) is 74.7 Å². The first-order chi connectivity index (χ1) is 18.1. The van der Waals surface area contributed by atoms with Gasteiger partial charge in [0.05, 0.1) is 19.9 Å². The highest BCUT2D eigenvalue weighted by molar-refractivity contribution is 7.88. The van der Waals surface area contributed by atoms with Gasteiger partial charge < -0.3 is 15.0 Å². The van der Waals surface area contributed by atoms with E-state index >= 15 is 0 Å². The van der Waals surface area contributed by atoms with Gasteiger partial charge in [-0.1, -0.05) is 66.2 Å². The molecular formula is C28H32ClN3O5S. The first-order valence-electron chi connectivity index (χ1n) is 12.0. The number of halogens is 1. The number of rotatable bonds is 12. The predicted molar refractivity (Wildman–Crippen MR) is 148 cm³/mol. The molecule has 2 amide bonds. The molecule has 0 bridgehead atoms. The fourth-order valence-electron chi connectivity index (χ4n) is 3.77. The maximum Gasteiger partial charge on any atom is 0.242 e. The fraction of sp³-hybridized carbons (Fsp3) is 0.286. The van der Waals surface area contributed by atoms with E-state index in [2.05, 4.69) is 5.32 Å². The van der Waals surface area contributed by atoms with Crippen LogP contribution in [-0.4, -0.2) is 55.4 Å². The molecule has 38 heavy (non-hydrogen) atoms. The third-order valence-corrected chi connectivity index (χ3v) is 7.49. The van der Waals surface area contributed by atoms with Crippen molar-refractivity contribution in [3.63, 3.8) is 0 Å². The summed E-state index contributed by atoms with van der Waals surface area (Å²) in [5, 5.41) is 3.41. The smallest absolute Gasteiger partial charge is 0.242 e. The molecule has 3 aromatic rings. The van der Waals surface area contributed by atoms with E-state index in [-0.39, 0.29) is 25.5 Å². The Hall–Kier alpha value is -3.40. The lowest BCUT2D eigenvalue weighted by atomic mass is 10.1. The number of amides is 2. The lowest BCUT2D eigenvalue weighted by molar-refractivity contribution is -0.140. The van der Waals surface area contributed by atoms with Crippen LogP contribution in [0.4, 0.5) is 0 Å². The topological polar surface area (TPSA) is 96.0 Å². The number of carbonyl (C=O) groups excluding carboxylic acids is 2. The molecule has 0 spiro atoms. The molecule has 0 saturated carbocycles. The summed E-state index contributed by atoms with van der Waals surface area (Å²) in [6, 6.07) is 22.4. The monoisotopic (exact) mass is 557 g/mol. The van der Waals surface area contributed by atoms with Gasteiger partial charge in [0.1, 0.15) is 11.8 Å². The zero-order chi connectivity index (χ0) is 27.7. The Morgan fingerprint density at radius 3 is 2.05 bits per heavy atom. The van der Waals surface area contributed by atoms with Gasteiger partial charge in [-0.05, 0) is 47.9 Å². The highest BCUT2D eigenvalue weighted by atomic mass is 35.5. The summed E-state index contributed by atoms with van der Waals surface area (Å²) in [5.41, 5.74) is 2.37. The molecule has 8 nitrogen and oxygen atoms in total. The van der Waals surface area contributed by atoms with E-state index in [0.717, 1.165) is 27.3 Å². The average Bonchev–Trinajstić information content (AvgIpc) is 2.91. The van der Waals surface area contributed by atoms with Crippen LogP contribution in [0.1, 0.15) is 23.6 Å². The van der Waals surface area contributed by atoms with Crippen LogP contribution in [0.2, 0.25) is 5.02 Å². The number of methoxy groups -OCH3 is 1. The Morgan fingerprint density at radius 1 is 0.895 bits per heavy atom. The number of sulfonamides is 1. The van der Waals surface area contributed by atoms with Crippen LogP contribution < -0.4 is 10.1 Å². The fourth-order valence-corrected chi connectivity index (χ4v) is 4.62. The van der Waals surface area contributed by atoms with Crippen molar-refractivity contribution in [2.45, 2.75) is 32.6 Å². The number of nitrogens with one attached hydrogen (secondary N) is 1. The average molecular weight is 558 g/mol. The van der Waals surface area contributed by atoms with Gasteiger partial charge in [0, 0.05) is 24.7 Å². The highest BCUT2D eigenvalue weighted by Crippen LogP contribution is 2.16. The lowest BCUT2D eigenvalue weighted by Gasteiger charge is -2.31. The van der Waals surface area contributed by atoms with E-state index in [1.807, 2.05) is 18.2 Å². The normalized spacial score (nSPS) is 12.1. The zero-order valence-corrected chi connectivity index (χ0v) is 23.2. The number of hydrogen-bond donors (Lipinski definition) is 1. The Labute approximate surface area is 229 Å². The summed E-state index contributed by atoms with van der Waals surface area (Å²) in [5.74, 6) is -0.149. The highest BCUT2D eigenvalue weighted by Gasteiger charge is 2.29. The largest absolute Gasteiger partial charge is 0.497 e. The van der Waals surface area contributed by atoms with E-state index < -0.39 is 28.5 Å². The van der Waals surface area contributed by atoms with Gasteiger partial charge in [-0.2, -0.15) is 4.31 Å². The minimum absolute atomic E-state index is 0.0399. The standard InChI is InChI=1S/C28H32ClN3O5S/c1-21(28(34)30-17-22-11-15-26(37-2)16-12-22)32(19-24-9-13-25(29)14-10-24)27(33)20-31(38(3,35)36)18-23-7-5-4-6-8-23/h4-16,21H,17-20H2,1-3H3,(H,30,34)/t21-/m1/s1. The maximum atomic E-state index is 13.6. The van der Waals surface area contributed by atoms with Gasteiger partial charge in [-0.15, -0.1) is 0 Å². The van der Waals surface area contributed by atoms with Gasteiger partial charge in [0.2, 0.25) is 21.8 Å². The first-order valence-corrected chi connectivity index (χ1v) is 14.2. The summed E-state index contributed by atoms with van der Waals surface area (Å²) in [6.45, 7) is 1.63. The molecular weight excluding hydrogens is 526 g/mol. The number of nitrogens with zero attached hydrogens (tertiary/aromatic N) is 2. The van der Waals surface area contributed by atoms with E-state index in [1.165, 1.54) is 4.90 Å². The SMILES string of the molecule is COc1ccc(CNC(=O)[C@@H](C)N(Cc2ccc(Cl)cc2)C(=O)CN(Cc2ccccc2)S(C)(=O)=O)cc1. The summed E-state index contributed by atoms with van der Waals surface area (Å²) in [6.07, 6.45) is 1.07. The number of hydrogen-bond acceptors (Lipinski definition) is 5. The van der Waals surface area contributed by atoms with Crippen LogP contribution in [0.15, 0.2) is 78.9 Å². The van der Waals surface area contributed by atoms with Crippen LogP contribution in [0, 0.1) is 0 Å². The first kappa shape index (κ1) is 29.2. The molecule has 202 valence electrons. The molecule has 1 atom stereocenters. The molecule has 0 heterocycles. The van der Waals surface area contributed by atoms with Gasteiger partial charge >= 0.3 is 0 Å². The van der Waals surface area contributed by atoms with Crippen molar-refractivity contribution in [3.8, 4) is 5.75 Å². The lowest BCUT2D eigenvalue weighted by Crippen LogP contribution is -2.50. The van der Waals surface area contributed by atoms with Crippen LogP contribution in [0.5, 0.6) is 5.75 Å². The Bertz CT molecular complexity index is 1320. The van der Waals surface area contributed by atoms with Crippen molar-refractivity contribution in [2.75, 3.05) is 19.9 Å². The Kier molecular flexibility index (Phi) is 10.3. The van der Waals surface area contributed by atoms with Crippen molar-refractivity contribution in [1.82, 2.24) is 14.5 Å². The van der Waals surface area contributed by atoms with Gasteiger partial charge in [0.15, 0.2) is 0 Å². The zero-order valence-electron chi connectivity index (χ0n) is 21.6. The molecule has 1 N–H and O–H groups in total. The molecule has 0 aliphatic carbocycles. The minimum Gasteiger partial charge on any atom is -0.497 e. The van der Waals surface area contributed by atoms with E-state index in [4.69, 9.17) is 16.3 Å². The summed E-state index contributed by atoms with van der Waals surface area (Å²) < 4.78 is 31.4. The molecule has 0 radical (unpaired) electrons. The summed E-state index contributed by atoms with van der Waals surface area (Å²) in [4.78, 5) is 28.1. The third kappa shape index (κ3) is 8.58. The molecule has 0 saturated heterocycles. The third-order valence-electron chi connectivity index (χ3n) is 6.04. The van der Waals surface area contributed by atoms with Crippen molar-refractivity contribution >= 4 is 33.4 Å². The molecule has 3 rings (SSSR count). The molecule has 0 fully saturated rings. The van der Waals surface area contributed by atoms with E-state index in [0.29, 0.717) is 10.8 Å². The second-order valence-corrected chi connectivity index (χ2v) is 11.3. The van der Waals surface area contributed by atoms with Crippen molar-refractivity contribution in [2.24, 2.45) is 0 Å². The second kappa shape index (κ2) is 13.4. The number of benzene rings is 3. The summed E-state index contributed by atoms with van der Waals surface area (Å²) in [7, 11) is -2.13.